The molecule has 6 heteroatoms. The summed E-state index contributed by atoms with van der Waals surface area (Å²) in [4.78, 5) is 25.0. The van der Waals surface area contributed by atoms with E-state index < -0.39 is 5.97 Å². The summed E-state index contributed by atoms with van der Waals surface area (Å²) in [6, 6.07) is 8.95. The van der Waals surface area contributed by atoms with E-state index in [0.29, 0.717) is 22.7 Å². The number of esters is 1. The van der Waals surface area contributed by atoms with E-state index in [1.54, 1.807) is 42.3 Å². The molecule has 0 radical (unpaired) electrons. The third-order valence-corrected chi connectivity index (χ3v) is 4.31. The summed E-state index contributed by atoms with van der Waals surface area (Å²) in [6.45, 7) is 2.05. The van der Waals surface area contributed by atoms with Crippen molar-refractivity contribution in [2.45, 2.75) is 11.8 Å². The molecule has 0 unspecified atom stereocenters. The van der Waals surface area contributed by atoms with Crippen molar-refractivity contribution in [3.8, 4) is 0 Å². The van der Waals surface area contributed by atoms with Crippen LogP contribution in [0.1, 0.15) is 27.6 Å². The number of thioether (sulfide) groups is 1. The molecule has 0 aliphatic carbocycles. The summed E-state index contributed by atoms with van der Waals surface area (Å²) < 4.78 is 4.96. The van der Waals surface area contributed by atoms with Crippen LogP contribution < -0.4 is 5.32 Å². The number of amides is 1. The second kappa shape index (κ2) is 7.28. The highest BCUT2D eigenvalue weighted by Crippen LogP contribution is 2.25. The number of hydrogen-bond donors (Lipinski definition) is 1. The van der Waals surface area contributed by atoms with Crippen molar-refractivity contribution in [1.82, 2.24) is 0 Å². The Morgan fingerprint density at radius 2 is 1.95 bits per heavy atom. The molecule has 1 aromatic carbocycles. The molecule has 110 valence electrons. The van der Waals surface area contributed by atoms with Gasteiger partial charge in [-0.1, -0.05) is 0 Å². The summed E-state index contributed by atoms with van der Waals surface area (Å²) in [5.41, 5.74) is 0.937. The second-order valence-corrected chi connectivity index (χ2v) is 5.86. The van der Waals surface area contributed by atoms with Crippen molar-refractivity contribution in [3.05, 3.63) is 46.8 Å². The van der Waals surface area contributed by atoms with Gasteiger partial charge in [0, 0.05) is 10.5 Å². The molecule has 1 N–H and O–H groups in total. The van der Waals surface area contributed by atoms with Crippen molar-refractivity contribution < 1.29 is 14.3 Å². The Kier molecular flexibility index (Phi) is 5.41. The van der Waals surface area contributed by atoms with Crippen molar-refractivity contribution in [2.75, 3.05) is 18.2 Å². The van der Waals surface area contributed by atoms with Gasteiger partial charge in [0.2, 0.25) is 0 Å². The third-order valence-electron chi connectivity index (χ3n) is 2.74. The maximum atomic E-state index is 12.2. The first-order valence-electron chi connectivity index (χ1n) is 6.35. The molecule has 0 atom stereocenters. The molecule has 2 aromatic rings. The molecule has 2 rings (SSSR count). The van der Waals surface area contributed by atoms with E-state index in [-0.39, 0.29) is 5.91 Å². The summed E-state index contributed by atoms with van der Waals surface area (Å²) in [6.07, 6.45) is 1.98. The minimum Gasteiger partial charge on any atom is -0.462 e. The van der Waals surface area contributed by atoms with Crippen molar-refractivity contribution in [3.63, 3.8) is 0 Å². The van der Waals surface area contributed by atoms with E-state index in [9.17, 15) is 9.59 Å². The van der Waals surface area contributed by atoms with Gasteiger partial charge in [0.1, 0.15) is 5.00 Å². The Morgan fingerprint density at radius 3 is 2.57 bits per heavy atom. The fourth-order valence-corrected chi connectivity index (χ4v) is 2.87. The first-order chi connectivity index (χ1) is 10.2. The van der Waals surface area contributed by atoms with E-state index in [0.717, 1.165) is 4.90 Å². The highest BCUT2D eigenvalue weighted by atomic mass is 32.2. The number of benzene rings is 1. The second-order valence-electron chi connectivity index (χ2n) is 4.07. The van der Waals surface area contributed by atoms with Crippen LogP contribution in [0.3, 0.4) is 0 Å². The lowest BCUT2D eigenvalue weighted by molar-refractivity contribution is 0.0528. The van der Waals surface area contributed by atoms with E-state index >= 15 is 0 Å². The van der Waals surface area contributed by atoms with Gasteiger partial charge in [-0.25, -0.2) is 4.79 Å². The van der Waals surface area contributed by atoms with E-state index in [2.05, 4.69) is 5.32 Å². The predicted octanol–water partition coefficient (Wildman–Crippen LogP) is 3.90. The highest BCUT2D eigenvalue weighted by molar-refractivity contribution is 7.98. The van der Waals surface area contributed by atoms with Crippen molar-refractivity contribution >= 4 is 40.0 Å². The van der Waals surface area contributed by atoms with Crippen LogP contribution in [-0.4, -0.2) is 24.7 Å². The lowest BCUT2D eigenvalue weighted by atomic mass is 10.2. The summed E-state index contributed by atoms with van der Waals surface area (Å²) in [5, 5.41) is 5.01. The Bertz CT molecular complexity index is 635. The fraction of sp³-hybridized carbons (Fsp3) is 0.200. The fourth-order valence-electron chi connectivity index (χ4n) is 1.69. The molecule has 4 nitrogen and oxygen atoms in total. The van der Waals surface area contributed by atoms with Gasteiger partial charge in [0.05, 0.1) is 12.2 Å². The number of rotatable bonds is 5. The monoisotopic (exact) mass is 321 g/mol. The van der Waals surface area contributed by atoms with Gasteiger partial charge in [0.15, 0.2) is 0 Å². The molecule has 0 saturated carbocycles. The molecule has 1 aromatic heterocycles. The number of carbonyl (C=O) groups is 2. The van der Waals surface area contributed by atoms with Gasteiger partial charge in [-0.3, -0.25) is 4.79 Å². The van der Waals surface area contributed by atoms with Gasteiger partial charge < -0.3 is 10.1 Å². The maximum absolute atomic E-state index is 12.2. The minimum atomic E-state index is -0.424. The van der Waals surface area contributed by atoms with Crippen LogP contribution in [0.4, 0.5) is 5.00 Å². The van der Waals surface area contributed by atoms with Crippen LogP contribution in [-0.2, 0) is 4.74 Å². The topological polar surface area (TPSA) is 55.4 Å². The van der Waals surface area contributed by atoms with Crippen LogP contribution in [0.25, 0.3) is 0 Å². The standard InChI is InChI=1S/C15H15NO3S2/c1-3-19-15(18)12-8-9-21-14(12)16-13(17)10-4-6-11(20-2)7-5-10/h4-9H,3H2,1-2H3,(H,16,17). The molecule has 0 bridgehead atoms. The van der Waals surface area contributed by atoms with Gasteiger partial charge in [-0.15, -0.1) is 23.1 Å². The molecule has 1 amide bonds. The number of ether oxygens (including phenoxy) is 1. The van der Waals surface area contributed by atoms with Crippen LogP contribution in [0.15, 0.2) is 40.6 Å². The zero-order valence-electron chi connectivity index (χ0n) is 11.7. The lowest BCUT2D eigenvalue weighted by Gasteiger charge is -2.06. The highest BCUT2D eigenvalue weighted by Gasteiger charge is 2.16. The smallest absolute Gasteiger partial charge is 0.341 e. The van der Waals surface area contributed by atoms with Crippen molar-refractivity contribution in [2.24, 2.45) is 0 Å². The van der Waals surface area contributed by atoms with Crippen LogP contribution in [0.5, 0.6) is 0 Å². The average molecular weight is 321 g/mol. The Hall–Kier alpha value is -1.79. The summed E-state index contributed by atoms with van der Waals surface area (Å²) >= 11 is 2.91. The largest absolute Gasteiger partial charge is 0.462 e. The third kappa shape index (κ3) is 3.86. The van der Waals surface area contributed by atoms with Crippen molar-refractivity contribution in [1.29, 1.82) is 0 Å². The SMILES string of the molecule is CCOC(=O)c1ccsc1NC(=O)c1ccc(SC)cc1. The number of hydrogen-bond acceptors (Lipinski definition) is 5. The number of nitrogens with one attached hydrogen (secondary N) is 1. The quantitative estimate of drug-likeness (QED) is 0.670. The summed E-state index contributed by atoms with van der Waals surface area (Å²) in [5.74, 6) is -0.664. The zero-order chi connectivity index (χ0) is 15.2. The number of anilines is 1. The van der Waals surface area contributed by atoms with Crippen LogP contribution in [0.2, 0.25) is 0 Å². The van der Waals surface area contributed by atoms with Gasteiger partial charge in [-0.05, 0) is 48.9 Å². The Balaban J connectivity index is 2.12. The minimum absolute atomic E-state index is 0.240. The first-order valence-corrected chi connectivity index (χ1v) is 8.46. The average Bonchev–Trinajstić information content (AvgIpc) is 2.95. The zero-order valence-corrected chi connectivity index (χ0v) is 13.3. The molecule has 1 heterocycles. The maximum Gasteiger partial charge on any atom is 0.341 e. The molecule has 0 spiro atoms. The van der Waals surface area contributed by atoms with Gasteiger partial charge in [-0.2, -0.15) is 0 Å². The Labute approximate surface area is 131 Å². The van der Waals surface area contributed by atoms with E-state index in [4.69, 9.17) is 4.74 Å². The Morgan fingerprint density at radius 1 is 1.24 bits per heavy atom. The lowest BCUT2D eigenvalue weighted by Crippen LogP contribution is -2.14. The van der Waals surface area contributed by atoms with Crippen LogP contribution >= 0.6 is 23.1 Å². The summed E-state index contributed by atoms with van der Waals surface area (Å²) in [7, 11) is 0. The molecule has 0 aliphatic heterocycles. The molecule has 0 aliphatic rings. The molecule has 0 saturated heterocycles. The number of thiophene rings is 1. The molecule has 21 heavy (non-hydrogen) atoms. The van der Waals surface area contributed by atoms with Gasteiger partial charge >= 0.3 is 5.97 Å². The predicted molar refractivity (Wildman–Crippen MR) is 86.5 cm³/mol. The van der Waals surface area contributed by atoms with E-state index in [1.165, 1.54) is 11.3 Å². The first kappa shape index (κ1) is 15.6. The van der Waals surface area contributed by atoms with E-state index in [1.807, 2.05) is 18.4 Å². The normalized spacial score (nSPS) is 10.2. The number of carbonyl (C=O) groups excluding carboxylic acids is 2. The molecular weight excluding hydrogens is 306 g/mol. The molecular formula is C15H15NO3S2. The molecule has 0 fully saturated rings. The van der Waals surface area contributed by atoms with Gasteiger partial charge in [0.25, 0.3) is 5.91 Å². The van der Waals surface area contributed by atoms with Crippen LogP contribution in [0, 0.1) is 0 Å².